The Labute approximate surface area is 184 Å². The SMILES string of the molecule is CCN1c2cc(C)c(/C=N\NC(=O)c3cccc4ccccc34)cc2C(C)=CC1(C)C. The number of nitrogens with zero attached hydrogens (tertiary/aromatic N) is 2. The number of hydrogen-bond acceptors (Lipinski definition) is 3. The van der Waals surface area contributed by atoms with Gasteiger partial charge in [0.1, 0.15) is 0 Å². The molecule has 31 heavy (non-hydrogen) atoms. The molecule has 0 aliphatic carbocycles. The topological polar surface area (TPSA) is 44.7 Å². The monoisotopic (exact) mass is 411 g/mol. The summed E-state index contributed by atoms with van der Waals surface area (Å²) in [6, 6.07) is 18.0. The van der Waals surface area contributed by atoms with E-state index in [4.69, 9.17) is 0 Å². The molecule has 1 amide bonds. The number of rotatable bonds is 4. The van der Waals surface area contributed by atoms with E-state index in [1.54, 1.807) is 6.21 Å². The maximum Gasteiger partial charge on any atom is 0.271 e. The lowest BCUT2D eigenvalue weighted by atomic mass is 9.87. The van der Waals surface area contributed by atoms with Crippen LogP contribution in [0.25, 0.3) is 16.3 Å². The van der Waals surface area contributed by atoms with E-state index in [1.807, 2.05) is 42.5 Å². The van der Waals surface area contributed by atoms with Gasteiger partial charge in [-0.05, 0) is 80.3 Å². The van der Waals surface area contributed by atoms with E-state index in [1.165, 1.54) is 16.8 Å². The number of hydrogen-bond donors (Lipinski definition) is 1. The first kappa shape index (κ1) is 20.9. The molecular weight excluding hydrogens is 382 g/mol. The molecule has 1 aliphatic rings. The second-order valence-corrected chi connectivity index (χ2v) is 8.68. The van der Waals surface area contributed by atoms with Crippen molar-refractivity contribution in [2.24, 2.45) is 5.10 Å². The number of anilines is 1. The van der Waals surface area contributed by atoms with Gasteiger partial charge in [0, 0.05) is 23.4 Å². The Balaban J connectivity index is 1.60. The van der Waals surface area contributed by atoms with Crippen LogP contribution in [0, 0.1) is 6.92 Å². The smallest absolute Gasteiger partial charge is 0.271 e. The molecular formula is C27H29N3O. The summed E-state index contributed by atoms with van der Waals surface area (Å²) in [5.41, 5.74) is 9.17. The Bertz CT molecular complexity index is 1220. The molecule has 1 N–H and O–H groups in total. The van der Waals surface area contributed by atoms with E-state index in [2.05, 4.69) is 68.3 Å². The first-order valence-electron chi connectivity index (χ1n) is 10.7. The van der Waals surface area contributed by atoms with Crippen LogP contribution < -0.4 is 10.3 Å². The molecule has 0 spiro atoms. The first-order chi connectivity index (χ1) is 14.8. The molecule has 1 heterocycles. The lowest BCUT2D eigenvalue weighted by Gasteiger charge is -2.43. The van der Waals surface area contributed by atoms with E-state index in [9.17, 15) is 4.79 Å². The lowest BCUT2D eigenvalue weighted by Crippen LogP contribution is -2.45. The van der Waals surface area contributed by atoms with Gasteiger partial charge in [-0.3, -0.25) is 4.79 Å². The fourth-order valence-electron chi connectivity index (χ4n) is 4.61. The summed E-state index contributed by atoms with van der Waals surface area (Å²) >= 11 is 0. The number of allylic oxidation sites excluding steroid dienone is 1. The second-order valence-electron chi connectivity index (χ2n) is 8.68. The fraction of sp³-hybridized carbons (Fsp3) is 0.259. The summed E-state index contributed by atoms with van der Waals surface area (Å²) in [6.07, 6.45) is 4.05. The number of likely N-dealkylation sites (N-methyl/N-ethyl adjacent to an activating group) is 1. The Morgan fingerprint density at radius 1 is 1.10 bits per heavy atom. The van der Waals surface area contributed by atoms with Crippen molar-refractivity contribution >= 4 is 34.2 Å². The number of nitrogens with one attached hydrogen (secondary N) is 1. The summed E-state index contributed by atoms with van der Waals surface area (Å²) in [7, 11) is 0. The standard InChI is InChI=1S/C27H29N3O/c1-6-30-25-14-18(2)21(15-24(25)19(3)16-27(30,4)5)17-28-29-26(31)23-13-9-11-20-10-7-8-12-22(20)23/h7-17H,6H2,1-5H3,(H,29,31)/b28-17-. The molecule has 4 nitrogen and oxygen atoms in total. The van der Waals surface area contributed by atoms with Gasteiger partial charge in [0.05, 0.1) is 11.8 Å². The number of fused-ring (bicyclic) bond motifs is 2. The number of hydrazone groups is 1. The minimum absolute atomic E-state index is 0.0136. The molecule has 0 bridgehead atoms. The average molecular weight is 412 g/mol. The van der Waals surface area contributed by atoms with E-state index in [0.717, 1.165) is 28.4 Å². The summed E-state index contributed by atoms with van der Waals surface area (Å²) < 4.78 is 0. The third kappa shape index (κ3) is 3.86. The van der Waals surface area contributed by atoms with Gasteiger partial charge in [0.15, 0.2) is 0 Å². The van der Waals surface area contributed by atoms with Gasteiger partial charge in [-0.15, -0.1) is 0 Å². The van der Waals surface area contributed by atoms with Crippen LogP contribution in [0.3, 0.4) is 0 Å². The minimum atomic E-state index is -0.210. The normalized spacial score (nSPS) is 15.1. The third-order valence-electron chi connectivity index (χ3n) is 6.09. The molecule has 0 unspecified atom stereocenters. The third-order valence-corrected chi connectivity index (χ3v) is 6.09. The number of amides is 1. The van der Waals surface area contributed by atoms with Gasteiger partial charge in [-0.1, -0.05) is 42.5 Å². The van der Waals surface area contributed by atoms with Gasteiger partial charge < -0.3 is 4.90 Å². The predicted molar refractivity (Wildman–Crippen MR) is 131 cm³/mol. The van der Waals surface area contributed by atoms with Crippen molar-refractivity contribution < 1.29 is 4.79 Å². The summed E-state index contributed by atoms with van der Waals surface area (Å²) in [5, 5.41) is 6.23. The van der Waals surface area contributed by atoms with Crippen LogP contribution in [-0.2, 0) is 0 Å². The van der Waals surface area contributed by atoms with Crippen molar-refractivity contribution in [3.63, 3.8) is 0 Å². The van der Waals surface area contributed by atoms with Gasteiger partial charge in [-0.2, -0.15) is 5.10 Å². The zero-order valence-corrected chi connectivity index (χ0v) is 18.9. The van der Waals surface area contributed by atoms with E-state index < -0.39 is 0 Å². The molecule has 0 aromatic heterocycles. The average Bonchev–Trinajstić information content (AvgIpc) is 2.73. The summed E-state index contributed by atoms with van der Waals surface area (Å²) in [4.78, 5) is 15.2. The lowest BCUT2D eigenvalue weighted by molar-refractivity contribution is 0.0957. The summed E-state index contributed by atoms with van der Waals surface area (Å²) in [5.74, 6) is -0.210. The molecule has 4 rings (SSSR count). The maximum absolute atomic E-state index is 12.7. The largest absolute Gasteiger partial charge is 0.363 e. The fourth-order valence-corrected chi connectivity index (χ4v) is 4.61. The zero-order valence-electron chi connectivity index (χ0n) is 18.9. The highest BCUT2D eigenvalue weighted by atomic mass is 16.2. The van der Waals surface area contributed by atoms with Gasteiger partial charge in [0.25, 0.3) is 5.91 Å². The van der Waals surface area contributed by atoms with Crippen molar-refractivity contribution in [1.82, 2.24) is 5.43 Å². The van der Waals surface area contributed by atoms with Crippen LogP contribution in [0.4, 0.5) is 5.69 Å². The molecule has 0 atom stereocenters. The molecule has 0 saturated carbocycles. The Morgan fingerprint density at radius 2 is 1.84 bits per heavy atom. The maximum atomic E-state index is 12.7. The molecule has 0 radical (unpaired) electrons. The van der Waals surface area contributed by atoms with Gasteiger partial charge in [-0.25, -0.2) is 5.43 Å². The molecule has 3 aromatic carbocycles. The first-order valence-corrected chi connectivity index (χ1v) is 10.7. The molecule has 0 fully saturated rings. The highest BCUT2D eigenvalue weighted by Crippen LogP contribution is 2.39. The van der Waals surface area contributed by atoms with Crippen LogP contribution in [-0.4, -0.2) is 24.2 Å². The van der Waals surface area contributed by atoms with Gasteiger partial charge in [0.2, 0.25) is 0 Å². The Hall–Kier alpha value is -3.40. The van der Waals surface area contributed by atoms with Crippen molar-refractivity contribution in [3.05, 3.63) is 82.9 Å². The van der Waals surface area contributed by atoms with Crippen molar-refractivity contribution in [2.45, 2.75) is 40.2 Å². The zero-order chi connectivity index (χ0) is 22.2. The highest BCUT2D eigenvalue weighted by molar-refractivity contribution is 6.07. The minimum Gasteiger partial charge on any atom is -0.363 e. The van der Waals surface area contributed by atoms with E-state index >= 15 is 0 Å². The number of carbonyl (C=O) groups is 1. The van der Waals surface area contributed by atoms with Crippen molar-refractivity contribution in [2.75, 3.05) is 11.4 Å². The van der Waals surface area contributed by atoms with Crippen LogP contribution in [0.15, 0.2) is 65.8 Å². The number of aryl methyl sites for hydroxylation is 1. The Morgan fingerprint density at radius 3 is 2.61 bits per heavy atom. The number of benzene rings is 3. The Kier molecular flexibility index (Phi) is 5.40. The number of carbonyl (C=O) groups excluding carboxylic acids is 1. The molecule has 3 aromatic rings. The van der Waals surface area contributed by atoms with Crippen LogP contribution >= 0.6 is 0 Å². The van der Waals surface area contributed by atoms with E-state index in [0.29, 0.717) is 5.56 Å². The molecule has 4 heteroatoms. The molecule has 1 aliphatic heterocycles. The van der Waals surface area contributed by atoms with Crippen molar-refractivity contribution in [1.29, 1.82) is 0 Å². The van der Waals surface area contributed by atoms with E-state index in [-0.39, 0.29) is 11.4 Å². The van der Waals surface area contributed by atoms with Crippen LogP contribution in [0.1, 0.15) is 54.7 Å². The second kappa shape index (κ2) is 8.03. The van der Waals surface area contributed by atoms with Crippen LogP contribution in [0.5, 0.6) is 0 Å². The van der Waals surface area contributed by atoms with Gasteiger partial charge >= 0.3 is 0 Å². The van der Waals surface area contributed by atoms with Crippen molar-refractivity contribution in [3.8, 4) is 0 Å². The predicted octanol–water partition coefficient (Wildman–Crippen LogP) is 5.93. The van der Waals surface area contributed by atoms with Crippen LogP contribution in [0.2, 0.25) is 0 Å². The quantitative estimate of drug-likeness (QED) is 0.427. The molecule has 158 valence electrons. The summed E-state index contributed by atoms with van der Waals surface area (Å²) in [6.45, 7) is 11.9. The highest BCUT2D eigenvalue weighted by Gasteiger charge is 2.30. The molecule has 0 saturated heterocycles.